The molecular weight excluding hydrogens is 264 g/mol. The largest absolute Gasteiger partial charge is 0.342 e. The van der Waals surface area contributed by atoms with Gasteiger partial charge in [-0.05, 0) is 40.3 Å². The van der Waals surface area contributed by atoms with Crippen molar-refractivity contribution in [2.45, 2.75) is 27.7 Å². The first kappa shape index (κ1) is 17.4. The van der Waals surface area contributed by atoms with Gasteiger partial charge in [-0.2, -0.15) is 0 Å². The molecule has 0 N–H and O–H groups in total. The van der Waals surface area contributed by atoms with E-state index in [1.54, 1.807) is 9.80 Å². The summed E-state index contributed by atoms with van der Waals surface area (Å²) in [6, 6.07) is 5.82. The van der Waals surface area contributed by atoms with E-state index in [0.717, 1.165) is 16.7 Å². The summed E-state index contributed by atoms with van der Waals surface area (Å²) in [5.41, 5.74) is 2.88. The Morgan fingerprint density at radius 1 is 1.05 bits per heavy atom. The Kier molecular flexibility index (Phi) is 6.56. The van der Waals surface area contributed by atoms with Crippen LogP contribution in [0.1, 0.15) is 35.3 Å². The van der Waals surface area contributed by atoms with Gasteiger partial charge in [-0.1, -0.05) is 23.8 Å². The van der Waals surface area contributed by atoms with Gasteiger partial charge in [0, 0.05) is 18.7 Å². The summed E-state index contributed by atoms with van der Waals surface area (Å²) in [5.74, 6) is 0.123. The van der Waals surface area contributed by atoms with Crippen LogP contribution in [0.4, 0.5) is 0 Å². The second-order valence-corrected chi connectivity index (χ2v) is 5.48. The maximum absolute atomic E-state index is 12.3. The van der Waals surface area contributed by atoms with Crippen LogP contribution in [-0.4, -0.2) is 54.7 Å². The molecule has 0 aliphatic carbocycles. The van der Waals surface area contributed by atoms with Crippen molar-refractivity contribution >= 4 is 11.7 Å². The van der Waals surface area contributed by atoms with Crippen LogP contribution in [0.3, 0.4) is 0 Å². The van der Waals surface area contributed by atoms with Crippen LogP contribution in [0.15, 0.2) is 18.2 Å². The van der Waals surface area contributed by atoms with Gasteiger partial charge >= 0.3 is 0 Å². The molecule has 0 aliphatic heterocycles. The van der Waals surface area contributed by atoms with Crippen LogP contribution >= 0.6 is 0 Å². The van der Waals surface area contributed by atoms with Gasteiger partial charge in [-0.25, -0.2) is 0 Å². The SMILES string of the molecule is CCN(CC)C(=O)CN(C)CC(=O)c1ccc(C)cc1C. The summed E-state index contributed by atoms with van der Waals surface area (Å²) in [7, 11) is 1.81. The van der Waals surface area contributed by atoms with Gasteiger partial charge in [-0.15, -0.1) is 0 Å². The molecule has 0 atom stereocenters. The maximum atomic E-state index is 12.3. The standard InChI is InChI=1S/C17H26N2O2/c1-6-19(7-2)17(21)12-18(5)11-16(20)15-9-8-13(3)10-14(15)4/h8-10H,6-7,11-12H2,1-5H3. The Bertz CT molecular complexity index is 508. The van der Waals surface area contributed by atoms with Crippen LogP contribution in [0.25, 0.3) is 0 Å². The minimum atomic E-state index is 0.0577. The monoisotopic (exact) mass is 290 g/mol. The molecule has 0 unspecified atom stereocenters. The number of Topliss-reactive ketones (excluding diaryl/α,β-unsaturated/α-hetero) is 1. The number of benzene rings is 1. The molecule has 0 saturated heterocycles. The van der Waals surface area contributed by atoms with Gasteiger partial charge in [0.2, 0.25) is 5.91 Å². The number of nitrogens with zero attached hydrogens (tertiary/aromatic N) is 2. The highest BCUT2D eigenvalue weighted by Gasteiger charge is 2.16. The zero-order chi connectivity index (χ0) is 16.0. The first-order valence-corrected chi connectivity index (χ1v) is 7.45. The number of carbonyl (C=O) groups is 2. The van der Waals surface area contributed by atoms with E-state index in [1.807, 2.05) is 52.9 Å². The van der Waals surface area contributed by atoms with Crippen molar-refractivity contribution in [3.8, 4) is 0 Å². The van der Waals surface area contributed by atoms with Crippen molar-refractivity contribution in [1.29, 1.82) is 0 Å². The lowest BCUT2D eigenvalue weighted by Crippen LogP contribution is -2.40. The van der Waals surface area contributed by atoms with E-state index in [2.05, 4.69) is 0 Å². The number of likely N-dealkylation sites (N-methyl/N-ethyl adjacent to an activating group) is 2. The normalized spacial score (nSPS) is 10.8. The topological polar surface area (TPSA) is 40.6 Å². The van der Waals surface area contributed by atoms with Gasteiger partial charge in [0.05, 0.1) is 13.1 Å². The Labute approximate surface area is 127 Å². The minimum absolute atomic E-state index is 0.0577. The Balaban J connectivity index is 2.64. The Hall–Kier alpha value is -1.68. The molecule has 4 nitrogen and oxygen atoms in total. The molecule has 0 spiro atoms. The van der Waals surface area contributed by atoms with Crippen molar-refractivity contribution in [2.24, 2.45) is 0 Å². The molecule has 0 fully saturated rings. The fraction of sp³-hybridized carbons (Fsp3) is 0.529. The van der Waals surface area contributed by atoms with Crippen molar-refractivity contribution in [3.05, 3.63) is 34.9 Å². The van der Waals surface area contributed by atoms with Crippen LogP contribution in [0.5, 0.6) is 0 Å². The number of ketones is 1. The van der Waals surface area contributed by atoms with E-state index in [4.69, 9.17) is 0 Å². The van der Waals surface area contributed by atoms with Gasteiger partial charge < -0.3 is 4.90 Å². The second kappa shape index (κ2) is 7.93. The predicted molar refractivity (Wildman–Crippen MR) is 85.7 cm³/mol. The molecule has 0 heterocycles. The Morgan fingerprint density at radius 3 is 2.19 bits per heavy atom. The molecule has 116 valence electrons. The third kappa shape index (κ3) is 4.97. The lowest BCUT2D eigenvalue weighted by molar-refractivity contribution is -0.131. The summed E-state index contributed by atoms with van der Waals surface area (Å²) < 4.78 is 0. The fourth-order valence-electron chi connectivity index (χ4n) is 2.42. The number of amides is 1. The molecule has 0 aromatic heterocycles. The summed E-state index contributed by atoms with van der Waals surface area (Å²) in [6.07, 6.45) is 0. The molecular formula is C17H26N2O2. The van der Waals surface area contributed by atoms with Crippen LogP contribution in [0.2, 0.25) is 0 Å². The zero-order valence-electron chi connectivity index (χ0n) is 13.8. The van der Waals surface area contributed by atoms with E-state index in [9.17, 15) is 9.59 Å². The zero-order valence-corrected chi connectivity index (χ0v) is 13.8. The summed E-state index contributed by atoms with van der Waals surface area (Å²) in [6.45, 7) is 9.82. The first-order valence-electron chi connectivity index (χ1n) is 7.45. The first-order chi connectivity index (χ1) is 9.88. The highest BCUT2D eigenvalue weighted by atomic mass is 16.2. The van der Waals surface area contributed by atoms with Gasteiger partial charge in [0.15, 0.2) is 5.78 Å². The molecule has 1 amide bonds. The summed E-state index contributed by atoms with van der Waals surface area (Å²) in [4.78, 5) is 27.9. The highest BCUT2D eigenvalue weighted by Crippen LogP contribution is 2.11. The number of rotatable bonds is 7. The Morgan fingerprint density at radius 2 is 1.67 bits per heavy atom. The average molecular weight is 290 g/mol. The summed E-state index contributed by atoms with van der Waals surface area (Å²) >= 11 is 0. The van der Waals surface area contributed by atoms with Crippen LogP contribution < -0.4 is 0 Å². The van der Waals surface area contributed by atoms with Crippen LogP contribution in [0, 0.1) is 13.8 Å². The lowest BCUT2D eigenvalue weighted by Gasteiger charge is -2.22. The molecule has 0 radical (unpaired) electrons. The fourth-order valence-corrected chi connectivity index (χ4v) is 2.42. The molecule has 1 aromatic rings. The maximum Gasteiger partial charge on any atom is 0.236 e. The molecule has 0 saturated carbocycles. The van der Waals surface area contributed by atoms with Gasteiger partial charge in [-0.3, -0.25) is 14.5 Å². The molecule has 21 heavy (non-hydrogen) atoms. The third-order valence-corrected chi connectivity index (χ3v) is 3.62. The van der Waals surface area contributed by atoms with E-state index in [-0.39, 0.29) is 24.8 Å². The van der Waals surface area contributed by atoms with E-state index < -0.39 is 0 Å². The molecule has 1 rings (SSSR count). The third-order valence-electron chi connectivity index (χ3n) is 3.62. The van der Waals surface area contributed by atoms with Crippen molar-refractivity contribution in [3.63, 3.8) is 0 Å². The molecule has 0 bridgehead atoms. The number of hydrogen-bond acceptors (Lipinski definition) is 3. The smallest absolute Gasteiger partial charge is 0.236 e. The van der Waals surface area contributed by atoms with Crippen molar-refractivity contribution < 1.29 is 9.59 Å². The van der Waals surface area contributed by atoms with Gasteiger partial charge in [0.1, 0.15) is 0 Å². The lowest BCUT2D eigenvalue weighted by atomic mass is 10.0. The van der Waals surface area contributed by atoms with E-state index in [0.29, 0.717) is 13.1 Å². The average Bonchev–Trinajstić information content (AvgIpc) is 2.39. The van der Waals surface area contributed by atoms with Gasteiger partial charge in [0.25, 0.3) is 0 Å². The quantitative estimate of drug-likeness (QED) is 0.723. The van der Waals surface area contributed by atoms with Crippen LogP contribution in [-0.2, 0) is 4.79 Å². The van der Waals surface area contributed by atoms with E-state index >= 15 is 0 Å². The van der Waals surface area contributed by atoms with Crippen molar-refractivity contribution in [1.82, 2.24) is 9.80 Å². The molecule has 4 heteroatoms. The summed E-state index contributed by atoms with van der Waals surface area (Å²) in [5, 5.41) is 0. The second-order valence-electron chi connectivity index (χ2n) is 5.48. The minimum Gasteiger partial charge on any atom is -0.342 e. The number of carbonyl (C=O) groups excluding carboxylic acids is 2. The molecule has 1 aromatic carbocycles. The number of hydrogen-bond donors (Lipinski definition) is 0. The molecule has 0 aliphatic rings. The van der Waals surface area contributed by atoms with E-state index in [1.165, 1.54) is 0 Å². The number of aryl methyl sites for hydroxylation is 2. The highest BCUT2D eigenvalue weighted by molar-refractivity contribution is 5.99. The predicted octanol–water partition coefficient (Wildman–Crippen LogP) is 2.29. The van der Waals surface area contributed by atoms with Crippen molar-refractivity contribution in [2.75, 3.05) is 33.2 Å².